The molecule has 0 unspecified atom stereocenters. The van der Waals surface area contributed by atoms with Crippen LogP contribution in [0.25, 0.3) is 0 Å². The van der Waals surface area contributed by atoms with Crippen molar-refractivity contribution in [2.45, 2.75) is 51.1 Å². The molecule has 1 fully saturated rings. The highest BCUT2D eigenvalue weighted by Crippen LogP contribution is 2.42. The van der Waals surface area contributed by atoms with Crippen LogP contribution in [0.4, 0.5) is 4.79 Å². The zero-order chi connectivity index (χ0) is 18.6. The minimum absolute atomic E-state index is 0.0772. The number of hydrogen-bond acceptors (Lipinski definition) is 4. The zero-order valence-corrected chi connectivity index (χ0v) is 14.9. The van der Waals surface area contributed by atoms with Gasteiger partial charge in [0, 0.05) is 12.7 Å². The molecule has 2 aromatic rings. The van der Waals surface area contributed by atoms with Gasteiger partial charge < -0.3 is 5.11 Å². The van der Waals surface area contributed by atoms with Gasteiger partial charge in [0.25, 0.3) is 0 Å². The summed E-state index contributed by atoms with van der Waals surface area (Å²) < 4.78 is 0. The monoisotopic (exact) mass is 350 g/mol. The van der Waals surface area contributed by atoms with Crippen LogP contribution in [0.2, 0.25) is 0 Å². The second kappa shape index (κ2) is 7.52. The number of aromatic nitrogens is 2. The first-order valence-corrected chi connectivity index (χ1v) is 8.85. The predicted octanol–water partition coefficient (Wildman–Crippen LogP) is 4.00. The molecule has 0 saturated heterocycles. The summed E-state index contributed by atoms with van der Waals surface area (Å²) in [5.41, 5.74) is 1.95. The number of aryl methyl sites for hydroxylation is 1. The number of amides is 1. The van der Waals surface area contributed by atoms with Crippen LogP contribution < -0.4 is 0 Å². The van der Waals surface area contributed by atoms with E-state index in [2.05, 4.69) is 9.97 Å². The lowest BCUT2D eigenvalue weighted by Gasteiger charge is -2.44. The van der Waals surface area contributed by atoms with E-state index in [1.165, 1.54) is 4.90 Å². The van der Waals surface area contributed by atoms with Crippen molar-refractivity contribution in [2.75, 3.05) is 0 Å². The van der Waals surface area contributed by atoms with Crippen molar-refractivity contribution >= 4 is 6.09 Å². The molecule has 0 spiro atoms. The first-order valence-electron chi connectivity index (χ1n) is 8.85. The topological polar surface area (TPSA) is 90.1 Å². The molecule has 0 bridgehead atoms. The number of nitrogens with zero attached hydrogens (tertiary/aromatic N) is 4. The summed E-state index contributed by atoms with van der Waals surface area (Å²) in [6.45, 7) is 2.29. The number of nitriles is 1. The quantitative estimate of drug-likeness (QED) is 0.900. The fourth-order valence-corrected chi connectivity index (χ4v) is 3.87. The Bertz CT molecular complexity index is 838. The van der Waals surface area contributed by atoms with Gasteiger partial charge in [-0.05, 0) is 31.4 Å². The summed E-state index contributed by atoms with van der Waals surface area (Å²) in [4.78, 5) is 22.1. The molecular weight excluding hydrogens is 328 g/mol. The first kappa shape index (κ1) is 17.9. The van der Waals surface area contributed by atoms with E-state index < -0.39 is 11.6 Å². The van der Waals surface area contributed by atoms with Crippen LogP contribution in [0, 0.1) is 18.3 Å². The Labute approximate surface area is 153 Å². The molecule has 1 saturated carbocycles. The van der Waals surface area contributed by atoms with Gasteiger partial charge in [0.1, 0.15) is 6.07 Å². The van der Waals surface area contributed by atoms with Crippen molar-refractivity contribution in [3.63, 3.8) is 0 Å². The molecule has 0 atom stereocenters. The van der Waals surface area contributed by atoms with Crippen molar-refractivity contribution in [1.82, 2.24) is 14.9 Å². The lowest BCUT2D eigenvalue weighted by atomic mass is 9.77. The molecule has 1 heterocycles. The van der Waals surface area contributed by atoms with E-state index in [0.717, 1.165) is 30.4 Å². The summed E-state index contributed by atoms with van der Waals surface area (Å²) in [5.74, 6) is 0.0772. The van der Waals surface area contributed by atoms with Gasteiger partial charge in [0.05, 0.1) is 11.2 Å². The Kier molecular flexibility index (Phi) is 5.17. The third kappa shape index (κ3) is 3.52. The summed E-state index contributed by atoms with van der Waals surface area (Å²) in [7, 11) is 0. The van der Waals surface area contributed by atoms with E-state index in [0.29, 0.717) is 25.1 Å². The zero-order valence-electron chi connectivity index (χ0n) is 14.9. The number of carboxylic acid groups (broad SMARTS) is 1. The minimum Gasteiger partial charge on any atom is -0.465 e. The van der Waals surface area contributed by atoms with Crippen molar-refractivity contribution in [3.8, 4) is 6.07 Å². The maximum absolute atomic E-state index is 12.2. The van der Waals surface area contributed by atoms with E-state index >= 15 is 0 Å². The number of carbonyl (C=O) groups is 1. The molecule has 1 aliphatic carbocycles. The van der Waals surface area contributed by atoms with Crippen LogP contribution in [0.5, 0.6) is 0 Å². The van der Waals surface area contributed by atoms with Crippen LogP contribution in [0.3, 0.4) is 0 Å². The van der Waals surface area contributed by atoms with Gasteiger partial charge in [-0.1, -0.05) is 49.1 Å². The Hall–Kier alpha value is -2.94. The summed E-state index contributed by atoms with van der Waals surface area (Å²) in [6, 6.07) is 11.6. The van der Waals surface area contributed by atoms with Crippen molar-refractivity contribution in [2.24, 2.45) is 0 Å². The molecule has 1 N–H and O–H groups in total. The molecule has 1 aromatic heterocycles. The molecule has 6 nitrogen and oxygen atoms in total. The smallest absolute Gasteiger partial charge is 0.408 e. The van der Waals surface area contributed by atoms with Gasteiger partial charge in [-0.3, -0.25) is 4.90 Å². The van der Waals surface area contributed by atoms with Gasteiger partial charge in [0.2, 0.25) is 5.82 Å². The fourth-order valence-electron chi connectivity index (χ4n) is 3.87. The average molecular weight is 350 g/mol. The summed E-state index contributed by atoms with van der Waals surface area (Å²) in [5, 5.41) is 19.2. The Morgan fingerprint density at radius 2 is 2.08 bits per heavy atom. The SMILES string of the molecule is Cc1cccc(CN(C(=O)O)C2(c3ccnc(C#N)n3)CCCCC2)c1. The third-order valence-electron chi connectivity index (χ3n) is 5.08. The van der Waals surface area contributed by atoms with Crippen LogP contribution in [0.1, 0.15) is 54.7 Å². The van der Waals surface area contributed by atoms with Crippen LogP contribution >= 0.6 is 0 Å². The third-order valence-corrected chi connectivity index (χ3v) is 5.08. The largest absolute Gasteiger partial charge is 0.465 e. The minimum atomic E-state index is -0.967. The Morgan fingerprint density at radius 3 is 2.73 bits per heavy atom. The molecule has 1 aromatic carbocycles. The van der Waals surface area contributed by atoms with E-state index in [1.807, 2.05) is 37.3 Å². The highest BCUT2D eigenvalue weighted by atomic mass is 16.4. The predicted molar refractivity (Wildman–Crippen MR) is 96.3 cm³/mol. The van der Waals surface area contributed by atoms with Crippen molar-refractivity contribution < 1.29 is 9.90 Å². The molecule has 26 heavy (non-hydrogen) atoms. The van der Waals surface area contributed by atoms with E-state index in [9.17, 15) is 9.90 Å². The number of benzene rings is 1. The molecule has 0 aliphatic heterocycles. The Balaban J connectivity index is 2.05. The normalized spacial score (nSPS) is 15.8. The molecular formula is C20H22N4O2. The lowest BCUT2D eigenvalue weighted by molar-refractivity contribution is 0.0384. The summed E-state index contributed by atoms with van der Waals surface area (Å²) in [6.07, 6.45) is 4.93. The van der Waals surface area contributed by atoms with Crippen LogP contribution in [-0.2, 0) is 12.1 Å². The molecule has 1 amide bonds. The van der Waals surface area contributed by atoms with E-state index in [1.54, 1.807) is 12.3 Å². The average Bonchev–Trinajstić information content (AvgIpc) is 2.66. The van der Waals surface area contributed by atoms with Crippen LogP contribution in [0.15, 0.2) is 36.5 Å². The van der Waals surface area contributed by atoms with Crippen LogP contribution in [-0.4, -0.2) is 26.1 Å². The van der Waals surface area contributed by atoms with Gasteiger partial charge in [0.15, 0.2) is 0 Å². The highest BCUT2D eigenvalue weighted by molar-refractivity contribution is 5.66. The highest BCUT2D eigenvalue weighted by Gasteiger charge is 2.43. The summed E-state index contributed by atoms with van der Waals surface area (Å²) >= 11 is 0. The van der Waals surface area contributed by atoms with Crippen molar-refractivity contribution in [1.29, 1.82) is 5.26 Å². The first-order chi connectivity index (χ1) is 12.5. The van der Waals surface area contributed by atoms with Gasteiger partial charge in [-0.15, -0.1) is 0 Å². The lowest BCUT2D eigenvalue weighted by Crippen LogP contribution is -2.50. The second-order valence-electron chi connectivity index (χ2n) is 6.83. The second-order valence-corrected chi connectivity index (χ2v) is 6.83. The molecule has 0 radical (unpaired) electrons. The number of rotatable bonds is 4. The molecule has 3 rings (SSSR count). The van der Waals surface area contributed by atoms with Gasteiger partial charge in [-0.25, -0.2) is 14.8 Å². The number of hydrogen-bond donors (Lipinski definition) is 1. The maximum atomic E-state index is 12.2. The molecule has 6 heteroatoms. The van der Waals surface area contributed by atoms with Crippen molar-refractivity contribution in [3.05, 3.63) is 59.2 Å². The molecule has 1 aliphatic rings. The maximum Gasteiger partial charge on any atom is 0.408 e. The standard InChI is InChI=1S/C20H22N4O2/c1-15-6-5-7-16(12-15)14-24(19(25)26)20(9-3-2-4-10-20)17-8-11-22-18(13-21)23-17/h5-8,11-12H,2-4,9-10,14H2,1H3,(H,25,26). The van der Waals surface area contributed by atoms with E-state index in [4.69, 9.17) is 5.26 Å². The molecule has 134 valence electrons. The fraction of sp³-hybridized carbons (Fsp3) is 0.400. The van der Waals surface area contributed by atoms with Gasteiger partial charge >= 0.3 is 6.09 Å². The van der Waals surface area contributed by atoms with Gasteiger partial charge in [-0.2, -0.15) is 5.26 Å². The van der Waals surface area contributed by atoms with E-state index in [-0.39, 0.29) is 5.82 Å². The Morgan fingerprint density at radius 1 is 1.31 bits per heavy atom.